The van der Waals surface area contributed by atoms with E-state index in [1.807, 2.05) is 18.9 Å². The molecule has 0 radical (unpaired) electrons. The van der Waals surface area contributed by atoms with Gasteiger partial charge in [0.1, 0.15) is 0 Å². The molecule has 0 aliphatic heterocycles. The Morgan fingerprint density at radius 3 is 2.85 bits per heavy atom. The third-order valence-corrected chi connectivity index (χ3v) is 3.11. The standard InChI is InChI=1S/C9H16N2OS/c1-4-8-6-13-9(10-8)11(3)7(2)5-12/h6-7,12H,4-5H2,1-3H3. The summed E-state index contributed by atoms with van der Waals surface area (Å²) >= 11 is 1.63. The molecule has 0 aliphatic rings. The van der Waals surface area contributed by atoms with Crippen LogP contribution >= 0.6 is 11.3 Å². The fraction of sp³-hybridized carbons (Fsp3) is 0.667. The van der Waals surface area contributed by atoms with Crippen molar-refractivity contribution in [3.8, 4) is 0 Å². The zero-order valence-electron chi connectivity index (χ0n) is 8.32. The van der Waals surface area contributed by atoms with Crippen LogP contribution in [0.5, 0.6) is 0 Å². The molecule has 0 aromatic carbocycles. The van der Waals surface area contributed by atoms with Crippen LogP contribution in [0.3, 0.4) is 0 Å². The number of aryl methyl sites for hydroxylation is 1. The van der Waals surface area contributed by atoms with E-state index in [0.717, 1.165) is 17.2 Å². The Labute approximate surface area is 83.0 Å². The highest BCUT2D eigenvalue weighted by Gasteiger charge is 2.11. The number of nitrogens with zero attached hydrogens (tertiary/aromatic N) is 2. The van der Waals surface area contributed by atoms with Crippen LogP contribution in [-0.4, -0.2) is 29.8 Å². The van der Waals surface area contributed by atoms with E-state index in [4.69, 9.17) is 5.11 Å². The van der Waals surface area contributed by atoms with Gasteiger partial charge < -0.3 is 10.0 Å². The first-order chi connectivity index (χ1) is 6.19. The summed E-state index contributed by atoms with van der Waals surface area (Å²) in [5.41, 5.74) is 1.12. The quantitative estimate of drug-likeness (QED) is 0.800. The molecule has 0 aliphatic carbocycles. The molecule has 1 unspecified atom stereocenters. The number of hydrogen-bond acceptors (Lipinski definition) is 4. The Kier molecular flexibility index (Phi) is 3.69. The number of anilines is 1. The summed E-state index contributed by atoms with van der Waals surface area (Å²) in [6, 6.07) is 0.135. The van der Waals surface area contributed by atoms with Crippen LogP contribution in [-0.2, 0) is 6.42 Å². The molecule has 1 heterocycles. The van der Waals surface area contributed by atoms with Crippen LogP contribution in [0.1, 0.15) is 19.5 Å². The van der Waals surface area contributed by atoms with Gasteiger partial charge in [-0.05, 0) is 13.3 Å². The zero-order chi connectivity index (χ0) is 9.84. The molecule has 0 bridgehead atoms. The van der Waals surface area contributed by atoms with Crippen molar-refractivity contribution >= 4 is 16.5 Å². The SMILES string of the molecule is CCc1csc(N(C)C(C)CO)n1. The van der Waals surface area contributed by atoms with Crippen molar-refractivity contribution in [1.82, 2.24) is 4.98 Å². The maximum atomic E-state index is 8.97. The van der Waals surface area contributed by atoms with Crippen molar-refractivity contribution in [3.05, 3.63) is 11.1 Å². The van der Waals surface area contributed by atoms with Gasteiger partial charge in [0, 0.05) is 12.4 Å². The second-order valence-corrected chi connectivity index (χ2v) is 3.95. The number of aliphatic hydroxyl groups excluding tert-OH is 1. The molecule has 1 rings (SSSR count). The van der Waals surface area contributed by atoms with Crippen molar-refractivity contribution in [2.45, 2.75) is 26.3 Å². The molecule has 0 amide bonds. The molecule has 0 saturated carbocycles. The zero-order valence-corrected chi connectivity index (χ0v) is 9.14. The Bertz CT molecular complexity index is 262. The Morgan fingerprint density at radius 1 is 1.69 bits per heavy atom. The van der Waals surface area contributed by atoms with Crippen molar-refractivity contribution in [2.75, 3.05) is 18.6 Å². The predicted molar refractivity (Wildman–Crippen MR) is 56.4 cm³/mol. The largest absolute Gasteiger partial charge is 0.394 e. The molecular formula is C9H16N2OS. The highest BCUT2D eigenvalue weighted by atomic mass is 32.1. The molecular weight excluding hydrogens is 184 g/mol. The highest BCUT2D eigenvalue weighted by molar-refractivity contribution is 7.13. The number of likely N-dealkylation sites (N-methyl/N-ethyl adjacent to an activating group) is 1. The summed E-state index contributed by atoms with van der Waals surface area (Å²) in [6.45, 7) is 4.23. The monoisotopic (exact) mass is 200 g/mol. The average Bonchev–Trinajstić information content (AvgIpc) is 2.63. The predicted octanol–water partition coefficient (Wildman–Crippen LogP) is 1.52. The van der Waals surface area contributed by atoms with Gasteiger partial charge in [0.2, 0.25) is 0 Å². The van der Waals surface area contributed by atoms with E-state index in [1.165, 1.54) is 0 Å². The summed E-state index contributed by atoms with van der Waals surface area (Å²) in [5.74, 6) is 0. The molecule has 1 atom stereocenters. The molecule has 0 spiro atoms. The first-order valence-electron chi connectivity index (χ1n) is 4.47. The van der Waals surface area contributed by atoms with Crippen LogP contribution in [0.4, 0.5) is 5.13 Å². The minimum absolute atomic E-state index is 0.135. The summed E-state index contributed by atoms with van der Waals surface area (Å²) in [6.07, 6.45) is 0.970. The molecule has 3 nitrogen and oxygen atoms in total. The molecule has 13 heavy (non-hydrogen) atoms. The lowest BCUT2D eigenvalue weighted by atomic mass is 10.3. The number of thiazole rings is 1. The minimum atomic E-state index is 0.135. The van der Waals surface area contributed by atoms with Gasteiger partial charge in [-0.25, -0.2) is 4.98 Å². The van der Waals surface area contributed by atoms with E-state index in [0.29, 0.717) is 0 Å². The van der Waals surface area contributed by atoms with Crippen molar-refractivity contribution in [3.63, 3.8) is 0 Å². The van der Waals surface area contributed by atoms with E-state index < -0.39 is 0 Å². The third-order valence-electron chi connectivity index (χ3n) is 2.13. The van der Waals surface area contributed by atoms with Crippen molar-refractivity contribution < 1.29 is 5.11 Å². The van der Waals surface area contributed by atoms with Crippen LogP contribution < -0.4 is 4.90 Å². The van der Waals surface area contributed by atoms with Crippen LogP contribution in [0.25, 0.3) is 0 Å². The second kappa shape index (κ2) is 4.58. The fourth-order valence-corrected chi connectivity index (χ4v) is 1.91. The Morgan fingerprint density at radius 2 is 2.38 bits per heavy atom. The van der Waals surface area contributed by atoms with E-state index in [-0.39, 0.29) is 12.6 Å². The highest BCUT2D eigenvalue weighted by Crippen LogP contribution is 2.20. The molecule has 0 fully saturated rings. The first kappa shape index (κ1) is 10.5. The van der Waals surface area contributed by atoms with Crippen molar-refractivity contribution in [1.29, 1.82) is 0 Å². The summed E-state index contributed by atoms with van der Waals surface area (Å²) in [4.78, 5) is 6.43. The van der Waals surface area contributed by atoms with Gasteiger partial charge in [0.05, 0.1) is 18.3 Å². The molecule has 4 heteroatoms. The molecule has 1 aromatic rings. The van der Waals surface area contributed by atoms with E-state index in [1.54, 1.807) is 11.3 Å². The second-order valence-electron chi connectivity index (χ2n) is 3.12. The lowest BCUT2D eigenvalue weighted by Gasteiger charge is -2.21. The van der Waals surface area contributed by atoms with Crippen LogP contribution in [0.15, 0.2) is 5.38 Å². The summed E-state index contributed by atoms with van der Waals surface area (Å²) in [5, 5.41) is 12.0. The van der Waals surface area contributed by atoms with Gasteiger partial charge in [0.25, 0.3) is 0 Å². The van der Waals surface area contributed by atoms with E-state index in [9.17, 15) is 0 Å². The maximum Gasteiger partial charge on any atom is 0.185 e. The molecule has 74 valence electrons. The summed E-state index contributed by atoms with van der Waals surface area (Å²) in [7, 11) is 1.96. The summed E-state index contributed by atoms with van der Waals surface area (Å²) < 4.78 is 0. The maximum absolute atomic E-state index is 8.97. The number of rotatable bonds is 4. The first-order valence-corrected chi connectivity index (χ1v) is 5.35. The lowest BCUT2D eigenvalue weighted by Crippen LogP contribution is -2.31. The van der Waals surface area contributed by atoms with E-state index in [2.05, 4.69) is 17.3 Å². The Hall–Kier alpha value is -0.610. The lowest BCUT2D eigenvalue weighted by molar-refractivity contribution is 0.270. The van der Waals surface area contributed by atoms with Gasteiger partial charge in [-0.2, -0.15) is 0 Å². The third kappa shape index (κ3) is 2.42. The van der Waals surface area contributed by atoms with Crippen LogP contribution in [0, 0.1) is 0 Å². The fourth-order valence-electron chi connectivity index (χ4n) is 0.932. The van der Waals surface area contributed by atoms with E-state index >= 15 is 0 Å². The minimum Gasteiger partial charge on any atom is -0.394 e. The number of aromatic nitrogens is 1. The topological polar surface area (TPSA) is 36.4 Å². The number of hydrogen-bond donors (Lipinski definition) is 1. The van der Waals surface area contributed by atoms with Gasteiger partial charge in [-0.1, -0.05) is 6.92 Å². The molecule has 0 saturated heterocycles. The smallest absolute Gasteiger partial charge is 0.185 e. The molecule has 1 N–H and O–H groups in total. The van der Waals surface area contributed by atoms with Gasteiger partial charge in [-0.15, -0.1) is 11.3 Å². The number of aliphatic hydroxyl groups is 1. The molecule has 1 aromatic heterocycles. The van der Waals surface area contributed by atoms with Gasteiger partial charge in [0.15, 0.2) is 5.13 Å². The van der Waals surface area contributed by atoms with Gasteiger partial charge >= 0.3 is 0 Å². The average molecular weight is 200 g/mol. The Balaban J connectivity index is 2.70. The normalized spacial score (nSPS) is 12.9. The van der Waals surface area contributed by atoms with Gasteiger partial charge in [-0.3, -0.25) is 0 Å². The van der Waals surface area contributed by atoms with Crippen LogP contribution in [0.2, 0.25) is 0 Å². The van der Waals surface area contributed by atoms with Crippen molar-refractivity contribution in [2.24, 2.45) is 0 Å².